The van der Waals surface area contributed by atoms with Crippen molar-refractivity contribution in [2.75, 3.05) is 31.1 Å². The molecule has 4 aromatic rings. The van der Waals surface area contributed by atoms with E-state index in [-0.39, 0.29) is 34.5 Å². The first-order chi connectivity index (χ1) is 18.9. The van der Waals surface area contributed by atoms with Crippen molar-refractivity contribution in [3.63, 3.8) is 0 Å². The Kier molecular flexibility index (Phi) is 7.74. The molecule has 198 valence electrons. The van der Waals surface area contributed by atoms with E-state index in [1.165, 1.54) is 24.3 Å². The number of anilines is 1. The van der Waals surface area contributed by atoms with E-state index >= 15 is 0 Å². The lowest BCUT2D eigenvalue weighted by Gasteiger charge is -2.36. The summed E-state index contributed by atoms with van der Waals surface area (Å²) in [6.07, 6.45) is 1.80. The number of nitrogens with zero attached hydrogens (tertiary/aromatic N) is 3. The zero-order valence-corrected chi connectivity index (χ0v) is 21.7. The average molecular weight is 545 g/mol. The Labute approximate surface area is 230 Å². The van der Waals surface area contributed by atoms with Crippen LogP contribution in [0.1, 0.15) is 21.5 Å². The second-order valence-electron chi connectivity index (χ2n) is 9.22. The lowest BCUT2D eigenvalue weighted by Crippen LogP contribution is -2.49. The molecule has 0 saturated carbocycles. The number of benzene rings is 4. The summed E-state index contributed by atoms with van der Waals surface area (Å²) >= 11 is 5.88. The van der Waals surface area contributed by atoms with Crippen molar-refractivity contribution in [1.82, 2.24) is 10.3 Å². The molecule has 4 aromatic carbocycles. The summed E-state index contributed by atoms with van der Waals surface area (Å²) in [6.45, 7) is 2.21. The molecule has 1 aliphatic heterocycles. The van der Waals surface area contributed by atoms with Gasteiger partial charge in [0.05, 0.1) is 23.3 Å². The van der Waals surface area contributed by atoms with E-state index in [1.54, 1.807) is 18.3 Å². The third kappa shape index (κ3) is 5.86. The summed E-state index contributed by atoms with van der Waals surface area (Å²) in [5, 5.41) is 15.5. The summed E-state index contributed by atoms with van der Waals surface area (Å²) in [4.78, 5) is 29.3. The number of nitrogens with one attached hydrogen (secondary N) is 1. The van der Waals surface area contributed by atoms with E-state index in [1.807, 2.05) is 52.3 Å². The van der Waals surface area contributed by atoms with E-state index in [0.717, 1.165) is 21.9 Å². The normalized spacial score (nSPS) is 13.7. The molecule has 1 saturated heterocycles. The number of hydrazone groups is 1. The van der Waals surface area contributed by atoms with Crippen LogP contribution in [0.15, 0.2) is 84.0 Å². The molecule has 0 atom stereocenters. The zero-order valence-electron chi connectivity index (χ0n) is 21.0. The van der Waals surface area contributed by atoms with Crippen LogP contribution in [0, 0.1) is 5.82 Å². The number of para-hydroxylation sites is 1. The van der Waals surface area contributed by atoms with Gasteiger partial charge in [0.2, 0.25) is 5.91 Å². The van der Waals surface area contributed by atoms with Gasteiger partial charge in [0, 0.05) is 37.3 Å². The third-order valence-electron chi connectivity index (χ3n) is 6.79. The van der Waals surface area contributed by atoms with Crippen LogP contribution in [0.4, 0.5) is 10.1 Å². The van der Waals surface area contributed by atoms with Crippen LogP contribution in [-0.4, -0.2) is 54.2 Å². The van der Waals surface area contributed by atoms with Gasteiger partial charge in [-0.15, -0.1) is 0 Å². The fraction of sp³-hybridized carbons (Fsp3) is 0.167. The van der Waals surface area contributed by atoms with E-state index in [0.29, 0.717) is 31.9 Å². The van der Waals surface area contributed by atoms with Crippen molar-refractivity contribution >= 4 is 46.1 Å². The van der Waals surface area contributed by atoms with Crippen LogP contribution in [0.2, 0.25) is 5.02 Å². The summed E-state index contributed by atoms with van der Waals surface area (Å²) in [7, 11) is 0. The minimum atomic E-state index is -0.463. The third-order valence-corrected chi connectivity index (χ3v) is 7.10. The Morgan fingerprint density at radius 2 is 1.67 bits per heavy atom. The van der Waals surface area contributed by atoms with Crippen LogP contribution < -0.4 is 10.3 Å². The molecule has 0 unspecified atom stereocenters. The molecule has 0 aliphatic carbocycles. The predicted molar refractivity (Wildman–Crippen MR) is 151 cm³/mol. The Morgan fingerprint density at radius 3 is 2.41 bits per heavy atom. The minimum Gasteiger partial charge on any atom is -0.506 e. The van der Waals surface area contributed by atoms with Crippen LogP contribution >= 0.6 is 11.6 Å². The summed E-state index contributed by atoms with van der Waals surface area (Å²) in [5.41, 5.74) is 4.98. The van der Waals surface area contributed by atoms with Gasteiger partial charge < -0.3 is 14.9 Å². The largest absolute Gasteiger partial charge is 0.506 e. The fourth-order valence-electron chi connectivity index (χ4n) is 4.70. The van der Waals surface area contributed by atoms with Gasteiger partial charge in [-0.1, -0.05) is 60.1 Å². The van der Waals surface area contributed by atoms with Crippen LogP contribution in [0.5, 0.6) is 5.75 Å². The van der Waals surface area contributed by atoms with E-state index < -0.39 is 5.91 Å². The number of amides is 2. The first-order valence-electron chi connectivity index (χ1n) is 12.5. The number of hydrogen-bond acceptors (Lipinski definition) is 5. The second-order valence-corrected chi connectivity index (χ2v) is 9.63. The van der Waals surface area contributed by atoms with Crippen LogP contribution in [0.3, 0.4) is 0 Å². The van der Waals surface area contributed by atoms with Gasteiger partial charge >= 0.3 is 0 Å². The molecular formula is C30H26ClFN4O3. The van der Waals surface area contributed by atoms with Gasteiger partial charge in [-0.2, -0.15) is 5.10 Å². The zero-order chi connectivity index (χ0) is 27.4. The van der Waals surface area contributed by atoms with Gasteiger partial charge in [0.15, 0.2) is 0 Å². The standard InChI is InChI=1S/C30H26ClFN4O3/c31-25-17-21(11-12-28(25)37)30(39)34-33-19-22-10-9-20(23-5-1-2-6-24(22)23)18-29(38)36-15-13-35(14-16-36)27-8-4-3-7-26(27)32/h1-12,17,19,37H,13-16,18H2,(H,34,39). The molecule has 0 bridgehead atoms. The quantitative estimate of drug-likeness (QED) is 0.264. The van der Waals surface area contributed by atoms with E-state index in [2.05, 4.69) is 10.5 Å². The molecule has 39 heavy (non-hydrogen) atoms. The maximum Gasteiger partial charge on any atom is 0.271 e. The molecule has 1 fully saturated rings. The molecule has 2 N–H and O–H groups in total. The summed E-state index contributed by atoms with van der Waals surface area (Å²) < 4.78 is 14.2. The molecule has 2 amide bonds. The lowest BCUT2D eigenvalue weighted by molar-refractivity contribution is -0.130. The first-order valence-corrected chi connectivity index (χ1v) is 12.9. The van der Waals surface area contributed by atoms with Crippen LogP contribution in [0.25, 0.3) is 10.8 Å². The predicted octanol–water partition coefficient (Wildman–Crippen LogP) is 4.99. The van der Waals surface area contributed by atoms with Crippen molar-refractivity contribution in [3.05, 3.63) is 106 Å². The number of phenolic OH excluding ortho intramolecular Hbond substituents is 1. The van der Waals surface area contributed by atoms with Gasteiger partial charge in [0.1, 0.15) is 11.6 Å². The molecule has 0 radical (unpaired) electrons. The van der Waals surface area contributed by atoms with E-state index in [9.17, 15) is 19.1 Å². The molecular weight excluding hydrogens is 519 g/mol. The molecule has 1 heterocycles. The Bertz CT molecular complexity index is 1570. The van der Waals surface area contributed by atoms with E-state index in [4.69, 9.17) is 11.6 Å². The smallest absolute Gasteiger partial charge is 0.271 e. The number of rotatable bonds is 6. The number of fused-ring (bicyclic) bond motifs is 1. The topological polar surface area (TPSA) is 85.2 Å². The minimum absolute atomic E-state index is 0.0228. The number of hydrogen-bond donors (Lipinski definition) is 2. The highest BCUT2D eigenvalue weighted by molar-refractivity contribution is 6.32. The maximum atomic E-state index is 14.2. The van der Waals surface area contributed by atoms with Crippen molar-refractivity contribution in [1.29, 1.82) is 0 Å². The molecule has 5 rings (SSSR count). The Balaban J connectivity index is 1.25. The highest BCUT2D eigenvalue weighted by atomic mass is 35.5. The van der Waals surface area contributed by atoms with Gasteiger partial charge in [-0.25, -0.2) is 9.82 Å². The van der Waals surface area contributed by atoms with Crippen molar-refractivity contribution in [2.24, 2.45) is 5.10 Å². The maximum absolute atomic E-state index is 14.2. The van der Waals surface area contributed by atoms with Gasteiger partial charge in [-0.05, 0) is 46.7 Å². The summed E-state index contributed by atoms with van der Waals surface area (Å²) in [6, 6.07) is 22.4. The SMILES string of the molecule is O=C(NN=Cc1ccc(CC(=O)N2CCN(c3ccccc3F)CC2)c2ccccc12)c1ccc(O)c(Cl)c1. The monoisotopic (exact) mass is 544 g/mol. The molecule has 9 heteroatoms. The fourth-order valence-corrected chi connectivity index (χ4v) is 4.88. The highest BCUT2D eigenvalue weighted by Crippen LogP contribution is 2.25. The van der Waals surface area contributed by atoms with Crippen molar-refractivity contribution in [3.8, 4) is 5.75 Å². The molecule has 0 aromatic heterocycles. The number of phenols is 1. The molecule has 7 nitrogen and oxygen atoms in total. The Hall–Kier alpha value is -4.43. The van der Waals surface area contributed by atoms with Crippen molar-refractivity contribution in [2.45, 2.75) is 6.42 Å². The van der Waals surface area contributed by atoms with Crippen molar-refractivity contribution < 1.29 is 19.1 Å². The van der Waals surface area contributed by atoms with Gasteiger partial charge in [0.25, 0.3) is 5.91 Å². The lowest BCUT2D eigenvalue weighted by atomic mass is 9.97. The highest BCUT2D eigenvalue weighted by Gasteiger charge is 2.23. The van der Waals surface area contributed by atoms with Gasteiger partial charge in [-0.3, -0.25) is 9.59 Å². The summed E-state index contributed by atoms with van der Waals surface area (Å²) in [5.74, 6) is -0.798. The number of carbonyl (C=O) groups excluding carboxylic acids is 2. The van der Waals surface area contributed by atoms with Crippen LogP contribution in [-0.2, 0) is 11.2 Å². The average Bonchev–Trinajstić information content (AvgIpc) is 2.96. The number of piperazine rings is 1. The number of halogens is 2. The number of aromatic hydroxyl groups is 1. The second kappa shape index (κ2) is 11.5. The molecule has 0 spiro atoms. The first kappa shape index (κ1) is 26.2. The Morgan fingerprint density at radius 1 is 0.949 bits per heavy atom. The number of carbonyl (C=O) groups is 2. The molecule has 1 aliphatic rings.